The SMILES string of the molecule is CN1CCN(Cc2ccc(C(=O)N3C(C(=O)O)CC4CCCCC43)cc2)CC1. The number of fused-ring (bicyclic) bond motifs is 1. The van der Waals surface area contributed by atoms with E-state index in [4.69, 9.17) is 0 Å². The lowest BCUT2D eigenvalue weighted by molar-refractivity contribution is -0.141. The van der Waals surface area contributed by atoms with E-state index in [1.165, 1.54) is 5.56 Å². The van der Waals surface area contributed by atoms with E-state index in [1.54, 1.807) is 4.90 Å². The molecule has 6 nitrogen and oxygen atoms in total. The highest BCUT2D eigenvalue weighted by molar-refractivity contribution is 5.97. The second-order valence-electron chi connectivity index (χ2n) is 8.69. The van der Waals surface area contributed by atoms with E-state index < -0.39 is 12.0 Å². The van der Waals surface area contributed by atoms with E-state index in [0.29, 0.717) is 17.9 Å². The third-order valence-electron chi connectivity index (χ3n) is 6.81. The lowest BCUT2D eigenvalue weighted by Gasteiger charge is -2.33. The maximum Gasteiger partial charge on any atom is 0.326 e. The van der Waals surface area contributed by atoms with Gasteiger partial charge in [-0.05, 0) is 49.9 Å². The number of carboxylic acid groups (broad SMARTS) is 1. The molecular weight excluding hydrogens is 354 g/mol. The van der Waals surface area contributed by atoms with Crippen molar-refractivity contribution in [3.8, 4) is 0 Å². The quantitative estimate of drug-likeness (QED) is 0.862. The van der Waals surface area contributed by atoms with Crippen LogP contribution in [0.5, 0.6) is 0 Å². The van der Waals surface area contributed by atoms with Crippen LogP contribution in [0, 0.1) is 5.92 Å². The third-order valence-corrected chi connectivity index (χ3v) is 6.81. The van der Waals surface area contributed by atoms with E-state index in [1.807, 2.05) is 24.3 Å². The summed E-state index contributed by atoms with van der Waals surface area (Å²) in [6.07, 6.45) is 4.81. The van der Waals surface area contributed by atoms with Crippen LogP contribution in [0.2, 0.25) is 0 Å². The van der Waals surface area contributed by atoms with E-state index in [0.717, 1.165) is 58.4 Å². The number of carbonyl (C=O) groups is 2. The van der Waals surface area contributed by atoms with Crippen molar-refractivity contribution in [3.63, 3.8) is 0 Å². The van der Waals surface area contributed by atoms with Gasteiger partial charge in [-0.15, -0.1) is 0 Å². The average Bonchev–Trinajstić information content (AvgIpc) is 3.10. The van der Waals surface area contributed by atoms with Crippen LogP contribution in [-0.2, 0) is 11.3 Å². The van der Waals surface area contributed by atoms with Crippen LogP contribution in [0.1, 0.15) is 48.0 Å². The number of hydrogen-bond donors (Lipinski definition) is 1. The molecule has 1 saturated carbocycles. The molecule has 4 rings (SSSR count). The topological polar surface area (TPSA) is 64.1 Å². The van der Waals surface area contributed by atoms with Gasteiger partial charge in [0.25, 0.3) is 5.91 Å². The second-order valence-corrected chi connectivity index (χ2v) is 8.69. The summed E-state index contributed by atoms with van der Waals surface area (Å²) in [5.41, 5.74) is 1.81. The molecule has 2 heterocycles. The normalized spacial score (nSPS) is 28.9. The van der Waals surface area contributed by atoms with Crippen molar-refractivity contribution >= 4 is 11.9 Å². The number of likely N-dealkylation sites (N-methyl/N-ethyl adjacent to an activating group) is 1. The van der Waals surface area contributed by atoms with Crippen LogP contribution in [0.25, 0.3) is 0 Å². The zero-order chi connectivity index (χ0) is 19.7. The van der Waals surface area contributed by atoms with Gasteiger partial charge < -0.3 is 14.9 Å². The first-order valence-electron chi connectivity index (χ1n) is 10.6. The number of likely N-dealkylation sites (tertiary alicyclic amines) is 1. The van der Waals surface area contributed by atoms with Gasteiger partial charge in [-0.1, -0.05) is 25.0 Å². The Labute approximate surface area is 167 Å². The minimum Gasteiger partial charge on any atom is -0.480 e. The number of aliphatic carboxylic acids is 1. The average molecular weight is 386 g/mol. The van der Waals surface area contributed by atoms with Crippen molar-refractivity contribution < 1.29 is 14.7 Å². The zero-order valence-corrected chi connectivity index (χ0v) is 16.7. The highest BCUT2D eigenvalue weighted by Crippen LogP contribution is 2.40. The summed E-state index contributed by atoms with van der Waals surface area (Å²) < 4.78 is 0. The Morgan fingerprint density at radius 1 is 1.04 bits per heavy atom. The number of benzene rings is 1. The Balaban J connectivity index is 1.45. The molecular formula is C22H31N3O3. The maximum absolute atomic E-state index is 13.2. The molecule has 0 spiro atoms. The Morgan fingerprint density at radius 2 is 1.71 bits per heavy atom. The maximum atomic E-state index is 13.2. The van der Waals surface area contributed by atoms with Crippen molar-refractivity contribution in [1.29, 1.82) is 0 Å². The van der Waals surface area contributed by atoms with Gasteiger partial charge in [-0.25, -0.2) is 4.79 Å². The van der Waals surface area contributed by atoms with Crippen LogP contribution in [0.4, 0.5) is 0 Å². The number of amides is 1. The molecule has 3 atom stereocenters. The number of nitrogens with zero attached hydrogens (tertiary/aromatic N) is 3. The molecule has 1 aliphatic carbocycles. The van der Waals surface area contributed by atoms with Gasteiger partial charge >= 0.3 is 5.97 Å². The number of rotatable bonds is 4. The van der Waals surface area contributed by atoms with Crippen molar-refractivity contribution in [2.75, 3.05) is 33.2 Å². The van der Waals surface area contributed by atoms with Crippen molar-refractivity contribution in [1.82, 2.24) is 14.7 Å². The monoisotopic (exact) mass is 385 g/mol. The molecule has 1 amide bonds. The second kappa shape index (κ2) is 8.21. The first-order valence-corrected chi connectivity index (χ1v) is 10.6. The summed E-state index contributed by atoms with van der Waals surface area (Å²) in [6, 6.07) is 7.22. The molecule has 1 aromatic rings. The summed E-state index contributed by atoms with van der Waals surface area (Å²) in [5.74, 6) is -0.641. The summed E-state index contributed by atoms with van der Waals surface area (Å²) in [7, 11) is 2.15. The summed E-state index contributed by atoms with van der Waals surface area (Å²) in [6.45, 7) is 5.20. The lowest BCUT2D eigenvalue weighted by Crippen LogP contribution is -2.46. The molecule has 3 fully saturated rings. The first-order chi connectivity index (χ1) is 13.5. The number of piperazine rings is 1. The van der Waals surface area contributed by atoms with Crippen LogP contribution >= 0.6 is 0 Å². The Kier molecular flexibility index (Phi) is 5.69. The first kappa shape index (κ1) is 19.4. The molecule has 28 heavy (non-hydrogen) atoms. The van der Waals surface area contributed by atoms with Gasteiger partial charge in [0, 0.05) is 44.3 Å². The Morgan fingerprint density at radius 3 is 2.39 bits per heavy atom. The molecule has 6 heteroatoms. The standard InChI is InChI=1S/C22H31N3O3/c1-23-10-12-24(13-11-23)15-16-6-8-17(9-7-16)21(26)25-19-5-3-2-4-18(19)14-20(25)22(27)28/h6-9,18-20H,2-5,10-15H2,1H3,(H,27,28). The molecule has 2 aliphatic heterocycles. The molecule has 3 unspecified atom stereocenters. The highest BCUT2D eigenvalue weighted by atomic mass is 16.4. The largest absolute Gasteiger partial charge is 0.480 e. The zero-order valence-electron chi connectivity index (χ0n) is 16.7. The van der Waals surface area contributed by atoms with Crippen LogP contribution in [0.15, 0.2) is 24.3 Å². The van der Waals surface area contributed by atoms with Crippen molar-refractivity contribution in [3.05, 3.63) is 35.4 Å². The molecule has 1 aromatic carbocycles. The van der Waals surface area contributed by atoms with Crippen LogP contribution in [0.3, 0.4) is 0 Å². The van der Waals surface area contributed by atoms with Crippen LogP contribution < -0.4 is 0 Å². The van der Waals surface area contributed by atoms with E-state index in [-0.39, 0.29) is 11.9 Å². The fraction of sp³-hybridized carbons (Fsp3) is 0.636. The Hall–Kier alpha value is -1.92. The van der Waals surface area contributed by atoms with E-state index >= 15 is 0 Å². The van der Waals surface area contributed by atoms with Gasteiger partial charge in [-0.3, -0.25) is 9.69 Å². The van der Waals surface area contributed by atoms with Gasteiger partial charge in [0.1, 0.15) is 6.04 Å². The van der Waals surface area contributed by atoms with Gasteiger partial charge in [0.05, 0.1) is 0 Å². The Bertz CT molecular complexity index is 712. The van der Waals surface area contributed by atoms with Crippen molar-refractivity contribution in [2.45, 2.75) is 50.7 Å². The minimum absolute atomic E-state index is 0.0902. The molecule has 0 radical (unpaired) electrons. The fourth-order valence-electron chi connectivity index (χ4n) is 5.14. The molecule has 1 N–H and O–H groups in total. The molecule has 3 aliphatic rings. The summed E-state index contributed by atoms with van der Waals surface area (Å²) in [4.78, 5) is 31.4. The summed E-state index contributed by atoms with van der Waals surface area (Å²) in [5, 5.41) is 9.67. The number of carbonyl (C=O) groups excluding carboxylic acids is 1. The molecule has 152 valence electrons. The predicted molar refractivity (Wildman–Crippen MR) is 107 cm³/mol. The van der Waals surface area contributed by atoms with Gasteiger partial charge in [0.15, 0.2) is 0 Å². The fourth-order valence-corrected chi connectivity index (χ4v) is 5.14. The number of carboxylic acids is 1. The minimum atomic E-state index is -0.866. The molecule has 0 bridgehead atoms. The third kappa shape index (κ3) is 3.94. The van der Waals surface area contributed by atoms with E-state index in [2.05, 4.69) is 16.8 Å². The van der Waals surface area contributed by atoms with E-state index in [9.17, 15) is 14.7 Å². The molecule has 2 saturated heterocycles. The highest BCUT2D eigenvalue weighted by Gasteiger charge is 2.47. The lowest BCUT2D eigenvalue weighted by atomic mass is 9.84. The number of hydrogen-bond acceptors (Lipinski definition) is 4. The van der Waals surface area contributed by atoms with Gasteiger partial charge in [0.2, 0.25) is 0 Å². The summed E-state index contributed by atoms with van der Waals surface area (Å²) >= 11 is 0. The van der Waals surface area contributed by atoms with Crippen LogP contribution in [-0.4, -0.2) is 77.0 Å². The predicted octanol–water partition coefficient (Wildman–Crippen LogP) is 2.29. The van der Waals surface area contributed by atoms with Crippen molar-refractivity contribution in [2.24, 2.45) is 5.92 Å². The molecule has 0 aromatic heterocycles. The van der Waals surface area contributed by atoms with Gasteiger partial charge in [-0.2, -0.15) is 0 Å². The smallest absolute Gasteiger partial charge is 0.326 e.